The topological polar surface area (TPSA) is 40.5 Å². The molecule has 0 fully saturated rings. The second-order valence-electron chi connectivity index (χ2n) is 3.86. The lowest BCUT2D eigenvalue weighted by Crippen LogP contribution is -2.25. The molecule has 0 unspecified atom stereocenters. The molecule has 0 saturated carbocycles. The maximum absolute atomic E-state index is 10.6. The quantitative estimate of drug-likeness (QED) is 0.617. The molecule has 1 aromatic carbocycles. The normalized spacial score (nSPS) is 10.2. The number of aliphatic carboxylic acids is 1. The van der Waals surface area contributed by atoms with Gasteiger partial charge in [0.1, 0.15) is 0 Å². The Balaban J connectivity index is 3.05. The van der Waals surface area contributed by atoms with E-state index in [9.17, 15) is 4.79 Å². The molecular formula is C15H17NO2. The number of carboxylic acids is 1. The summed E-state index contributed by atoms with van der Waals surface area (Å²) in [5.41, 5.74) is 1.83. The molecule has 0 aliphatic carbocycles. The van der Waals surface area contributed by atoms with Crippen LogP contribution in [0.15, 0.2) is 30.3 Å². The van der Waals surface area contributed by atoms with Gasteiger partial charge in [-0.1, -0.05) is 31.0 Å². The molecule has 3 nitrogen and oxygen atoms in total. The summed E-state index contributed by atoms with van der Waals surface area (Å²) in [6, 6.07) is 7.64. The van der Waals surface area contributed by atoms with Crippen LogP contribution in [-0.4, -0.2) is 24.2 Å². The predicted octanol–water partition coefficient (Wildman–Crippen LogP) is 2.63. The van der Waals surface area contributed by atoms with E-state index < -0.39 is 5.97 Å². The van der Waals surface area contributed by atoms with Crippen molar-refractivity contribution < 1.29 is 9.90 Å². The first kappa shape index (κ1) is 13.9. The number of terminal acetylenes is 1. The highest BCUT2D eigenvalue weighted by Gasteiger charge is 2.07. The van der Waals surface area contributed by atoms with Crippen LogP contribution in [0.25, 0.3) is 6.08 Å². The van der Waals surface area contributed by atoms with E-state index >= 15 is 0 Å². The Morgan fingerprint density at radius 3 is 2.83 bits per heavy atom. The van der Waals surface area contributed by atoms with E-state index in [-0.39, 0.29) is 0 Å². The van der Waals surface area contributed by atoms with Gasteiger partial charge >= 0.3 is 5.97 Å². The molecule has 0 aromatic heterocycles. The van der Waals surface area contributed by atoms with Crippen molar-refractivity contribution >= 4 is 17.7 Å². The first-order valence-electron chi connectivity index (χ1n) is 5.87. The van der Waals surface area contributed by atoms with Gasteiger partial charge in [-0.05, 0) is 24.1 Å². The van der Waals surface area contributed by atoms with Crippen molar-refractivity contribution in [2.75, 3.05) is 18.0 Å². The van der Waals surface area contributed by atoms with Crippen LogP contribution >= 0.6 is 0 Å². The van der Waals surface area contributed by atoms with Gasteiger partial charge in [0.05, 0.1) is 6.54 Å². The second-order valence-corrected chi connectivity index (χ2v) is 3.86. The number of para-hydroxylation sites is 1. The fraction of sp³-hybridized carbons (Fsp3) is 0.267. The third-order valence-corrected chi connectivity index (χ3v) is 2.46. The van der Waals surface area contributed by atoms with Gasteiger partial charge in [0.2, 0.25) is 0 Å². The van der Waals surface area contributed by atoms with Crippen molar-refractivity contribution in [2.24, 2.45) is 0 Å². The highest BCUT2D eigenvalue weighted by atomic mass is 16.4. The van der Waals surface area contributed by atoms with E-state index in [1.54, 1.807) is 6.08 Å². The molecular weight excluding hydrogens is 226 g/mol. The van der Waals surface area contributed by atoms with Crippen LogP contribution < -0.4 is 4.90 Å². The summed E-state index contributed by atoms with van der Waals surface area (Å²) in [4.78, 5) is 12.6. The summed E-state index contributed by atoms with van der Waals surface area (Å²) < 4.78 is 0. The van der Waals surface area contributed by atoms with Gasteiger partial charge in [0.25, 0.3) is 0 Å². The Labute approximate surface area is 108 Å². The highest BCUT2D eigenvalue weighted by Crippen LogP contribution is 2.21. The van der Waals surface area contributed by atoms with Gasteiger partial charge < -0.3 is 10.0 Å². The Kier molecular flexibility index (Phi) is 5.53. The molecule has 0 aliphatic heterocycles. The van der Waals surface area contributed by atoms with Crippen molar-refractivity contribution in [3.63, 3.8) is 0 Å². The molecule has 0 spiro atoms. The molecule has 1 rings (SSSR count). The van der Waals surface area contributed by atoms with Crippen molar-refractivity contribution in [3.8, 4) is 12.3 Å². The van der Waals surface area contributed by atoms with Crippen LogP contribution in [0.1, 0.15) is 18.9 Å². The zero-order valence-corrected chi connectivity index (χ0v) is 10.5. The number of hydrogen-bond acceptors (Lipinski definition) is 2. The van der Waals surface area contributed by atoms with E-state index in [2.05, 4.69) is 17.7 Å². The summed E-state index contributed by atoms with van der Waals surface area (Å²) in [7, 11) is 0. The van der Waals surface area contributed by atoms with Crippen molar-refractivity contribution in [3.05, 3.63) is 35.9 Å². The molecule has 3 heteroatoms. The molecule has 0 bridgehead atoms. The minimum Gasteiger partial charge on any atom is -0.478 e. The van der Waals surface area contributed by atoms with Gasteiger partial charge in [-0.25, -0.2) is 4.79 Å². The summed E-state index contributed by atoms with van der Waals surface area (Å²) in [5, 5.41) is 8.68. The van der Waals surface area contributed by atoms with Gasteiger partial charge in [-0.2, -0.15) is 0 Å². The van der Waals surface area contributed by atoms with E-state index in [1.807, 2.05) is 24.3 Å². The van der Waals surface area contributed by atoms with Crippen LogP contribution in [-0.2, 0) is 4.79 Å². The molecule has 1 aromatic rings. The van der Waals surface area contributed by atoms with Crippen LogP contribution in [0.2, 0.25) is 0 Å². The third kappa shape index (κ3) is 3.99. The molecule has 0 saturated heterocycles. The maximum Gasteiger partial charge on any atom is 0.328 e. The third-order valence-electron chi connectivity index (χ3n) is 2.46. The number of carboxylic acid groups (broad SMARTS) is 1. The Bertz CT molecular complexity index is 472. The molecule has 0 heterocycles. The molecule has 0 aliphatic rings. The van der Waals surface area contributed by atoms with Crippen LogP contribution in [0, 0.1) is 12.3 Å². The summed E-state index contributed by atoms with van der Waals surface area (Å²) in [6.45, 7) is 3.45. The van der Waals surface area contributed by atoms with Crippen LogP contribution in [0.5, 0.6) is 0 Å². The van der Waals surface area contributed by atoms with Crippen LogP contribution in [0.3, 0.4) is 0 Å². The average molecular weight is 243 g/mol. The van der Waals surface area contributed by atoms with Gasteiger partial charge in [0.15, 0.2) is 0 Å². The zero-order valence-electron chi connectivity index (χ0n) is 10.5. The number of benzene rings is 1. The number of rotatable bonds is 6. The standard InChI is InChI=1S/C15H17NO2/c1-3-11-16(12-4-2)14-8-6-5-7-13(14)9-10-15(17)18/h1,5-10H,4,11-12H2,2H3,(H,17,18)/b10-9+. The van der Waals surface area contributed by atoms with Crippen molar-refractivity contribution in [1.82, 2.24) is 0 Å². The first-order chi connectivity index (χ1) is 8.69. The molecule has 18 heavy (non-hydrogen) atoms. The van der Waals surface area contributed by atoms with Crippen LogP contribution in [0.4, 0.5) is 5.69 Å². The minimum absolute atomic E-state index is 0.520. The predicted molar refractivity (Wildman–Crippen MR) is 74.4 cm³/mol. The van der Waals surface area contributed by atoms with Crippen molar-refractivity contribution in [1.29, 1.82) is 0 Å². The van der Waals surface area contributed by atoms with Crippen molar-refractivity contribution in [2.45, 2.75) is 13.3 Å². The van der Waals surface area contributed by atoms with E-state index in [1.165, 1.54) is 0 Å². The van der Waals surface area contributed by atoms with E-state index in [0.29, 0.717) is 6.54 Å². The molecule has 1 N–H and O–H groups in total. The first-order valence-corrected chi connectivity index (χ1v) is 5.87. The number of nitrogens with zero attached hydrogens (tertiary/aromatic N) is 1. The lowest BCUT2D eigenvalue weighted by Gasteiger charge is -2.23. The fourth-order valence-electron chi connectivity index (χ4n) is 1.74. The lowest BCUT2D eigenvalue weighted by molar-refractivity contribution is -0.131. The molecule has 0 amide bonds. The Morgan fingerprint density at radius 1 is 1.50 bits per heavy atom. The number of anilines is 1. The largest absolute Gasteiger partial charge is 0.478 e. The molecule has 0 radical (unpaired) electrons. The highest BCUT2D eigenvalue weighted by molar-refractivity contribution is 5.87. The second kappa shape index (κ2) is 7.18. The van der Waals surface area contributed by atoms with Gasteiger partial charge in [0, 0.05) is 18.3 Å². The Hall–Kier alpha value is -2.21. The van der Waals surface area contributed by atoms with E-state index in [0.717, 1.165) is 30.3 Å². The average Bonchev–Trinajstić information content (AvgIpc) is 2.36. The number of hydrogen-bond donors (Lipinski definition) is 1. The van der Waals surface area contributed by atoms with E-state index in [4.69, 9.17) is 11.5 Å². The SMILES string of the molecule is C#CCN(CCC)c1ccccc1/C=C/C(=O)O. The smallest absolute Gasteiger partial charge is 0.328 e. The van der Waals surface area contributed by atoms with Gasteiger partial charge in [-0.3, -0.25) is 0 Å². The Morgan fingerprint density at radius 2 is 2.22 bits per heavy atom. The minimum atomic E-state index is -0.955. The monoisotopic (exact) mass is 243 g/mol. The number of carbonyl (C=O) groups is 1. The summed E-state index contributed by atoms with van der Waals surface area (Å²) in [6.07, 6.45) is 9.08. The van der Waals surface area contributed by atoms with Gasteiger partial charge in [-0.15, -0.1) is 6.42 Å². The zero-order chi connectivity index (χ0) is 13.4. The summed E-state index contributed by atoms with van der Waals surface area (Å²) in [5.74, 6) is 1.67. The lowest BCUT2D eigenvalue weighted by atomic mass is 10.1. The fourth-order valence-corrected chi connectivity index (χ4v) is 1.74. The molecule has 94 valence electrons. The molecule has 0 atom stereocenters. The summed E-state index contributed by atoms with van der Waals surface area (Å²) >= 11 is 0. The maximum atomic E-state index is 10.6.